The summed E-state index contributed by atoms with van der Waals surface area (Å²) in [7, 11) is 0. The Balaban J connectivity index is 1.02. The zero-order chi connectivity index (χ0) is 25.9. The van der Waals surface area contributed by atoms with Crippen LogP contribution in [0.1, 0.15) is 46.4 Å². The number of piperidine rings is 2. The Labute approximate surface area is 214 Å². The summed E-state index contributed by atoms with van der Waals surface area (Å²) in [6.45, 7) is 6.80. The zero-order valence-corrected chi connectivity index (χ0v) is 20.6. The average molecular weight is 510 g/mol. The van der Waals surface area contributed by atoms with Crippen LogP contribution in [-0.2, 0) is 14.4 Å². The number of aliphatic carboxylic acids is 1. The predicted molar refractivity (Wildman–Crippen MR) is 131 cm³/mol. The van der Waals surface area contributed by atoms with Crippen LogP contribution in [0, 0.1) is 11.3 Å². The number of carboxylic acid groups (broad SMARTS) is 1. The van der Waals surface area contributed by atoms with Crippen LogP contribution < -0.4 is 10.2 Å². The maximum absolute atomic E-state index is 13.1. The molecule has 4 fully saturated rings. The van der Waals surface area contributed by atoms with E-state index in [0.717, 1.165) is 69.2 Å². The molecule has 0 unspecified atom stereocenters. The molecule has 196 valence electrons. The number of likely N-dealkylation sites (tertiary alicyclic amines) is 2. The van der Waals surface area contributed by atoms with Crippen molar-refractivity contribution >= 4 is 35.3 Å². The lowest BCUT2D eigenvalue weighted by Crippen LogP contribution is -2.72. The van der Waals surface area contributed by atoms with E-state index < -0.39 is 29.7 Å². The van der Waals surface area contributed by atoms with Gasteiger partial charge in [-0.15, -0.1) is 0 Å². The number of rotatable bonds is 6. The molecule has 1 atom stereocenters. The van der Waals surface area contributed by atoms with Crippen LogP contribution in [0.4, 0.5) is 5.69 Å². The Morgan fingerprint density at radius 1 is 0.946 bits per heavy atom. The van der Waals surface area contributed by atoms with Gasteiger partial charge in [-0.1, -0.05) is 0 Å². The van der Waals surface area contributed by atoms with Gasteiger partial charge < -0.3 is 14.9 Å². The first-order valence-electron chi connectivity index (χ1n) is 13.0. The molecule has 2 N–H and O–H groups in total. The van der Waals surface area contributed by atoms with Crippen LogP contribution in [0.3, 0.4) is 0 Å². The lowest BCUT2D eigenvalue weighted by atomic mass is 9.72. The molecule has 0 bridgehead atoms. The fraction of sp³-hybridized carbons (Fsp3) is 0.577. The van der Waals surface area contributed by atoms with Crippen LogP contribution >= 0.6 is 0 Å². The van der Waals surface area contributed by atoms with E-state index in [4.69, 9.17) is 5.11 Å². The summed E-state index contributed by atoms with van der Waals surface area (Å²) in [4.78, 5) is 68.4. The van der Waals surface area contributed by atoms with Crippen LogP contribution in [-0.4, -0.2) is 108 Å². The molecule has 5 aliphatic rings. The fourth-order valence-corrected chi connectivity index (χ4v) is 6.83. The summed E-state index contributed by atoms with van der Waals surface area (Å²) in [6, 6.07) is 4.36. The molecular formula is C26H31N5O6. The van der Waals surface area contributed by atoms with Gasteiger partial charge in [-0.2, -0.15) is 0 Å². The Kier molecular flexibility index (Phi) is 5.79. The Bertz CT molecular complexity index is 1180. The number of carboxylic acids is 1. The molecule has 0 radical (unpaired) electrons. The Morgan fingerprint density at radius 3 is 2.30 bits per heavy atom. The summed E-state index contributed by atoms with van der Waals surface area (Å²) >= 11 is 0. The first-order chi connectivity index (χ1) is 17.7. The number of benzene rings is 1. The molecule has 37 heavy (non-hydrogen) atoms. The Morgan fingerprint density at radius 2 is 1.62 bits per heavy atom. The average Bonchev–Trinajstić information content (AvgIpc) is 3.06. The van der Waals surface area contributed by atoms with Gasteiger partial charge in [0, 0.05) is 63.3 Å². The number of carbonyl (C=O) groups excluding carboxylic acids is 4. The van der Waals surface area contributed by atoms with Gasteiger partial charge in [0.15, 0.2) is 0 Å². The molecular weight excluding hydrogens is 478 g/mol. The summed E-state index contributed by atoms with van der Waals surface area (Å²) in [5, 5.41) is 11.1. The van der Waals surface area contributed by atoms with E-state index in [1.807, 2.05) is 11.0 Å². The number of hydrogen-bond acceptors (Lipinski definition) is 8. The van der Waals surface area contributed by atoms with Gasteiger partial charge in [-0.25, -0.2) is 0 Å². The van der Waals surface area contributed by atoms with Crippen molar-refractivity contribution in [2.45, 2.75) is 31.7 Å². The minimum absolute atomic E-state index is 0.103. The Hall–Kier alpha value is -3.31. The molecule has 4 amide bonds. The summed E-state index contributed by atoms with van der Waals surface area (Å²) in [6.07, 6.45) is 2.34. The van der Waals surface area contributed by atoms with Crippen molar-refractivity contribution in [2.75, 3.05) is 57.3 Å². The van der Waals surface area contributed by atoms with Gasteiger partial charge >= 0.3 is 5.97 Å². The fourth-order valence-electron chi connectivity index (χ4n) is 6.83. The van der Waals surface area contributed by atoms with Crippen molar-refractivity contribution in [3.63, 3.8) is 0 Å². The number of fused-ring (bicyclic) bond motifs is 1. The maximum Gasteiger partial charge on any atom is 0.317 e. The van der Waals surface area contributed by atoms with Crippen molar-refractivity contribution in [1.82, 2.24) is 20.0 Å². The second-order valence-electron chi connectivity index (χ2n) is 11.3. The van der Waals surface area contributed by atoms with Gasteiger partial charge in [-0.3, -0.25) is 39.1 Å². The number of amides is 4. The van der Waals surface area contributed by atoms with Crippen LogP contribution in [0.25, 0.3) is 0 Å². The highest BCUT2D eigenvalue weighted by molar-refractivity contribution is 6.23. The second-order valence-corrected chi connectivity index (χ2v) is 11.3. The van der Waals surface area contributed by atoms with Crippen molar-refractivity contribution in [1.29, 1.82) is 0 Å². The molecule has 0 aromatic heterocycles. The molecule has 5 aliphatic heterocycles. The van der Waals surface area contributed by atoms with Crippen molar-refractivity contribution in [3.8, 4) is 0 Å². The van der Waals surface area contributed by atoms with E-state index in [-0.39, 0.29) is 25.3 Å². The van der Waals surface area contributed by atoms with Crippen LogP contribution in [0.5, 0.6) is 0 Å². The minimum atomic E-state index is -0.954. The summed E-state index contributed by atoms with van der Waals surface area (Å²) < 4.78 is 0. The largest absolute Gasteiger partial charge is 0.480 e. The number of imide groups is 2. The van der Waals surface area contributed by atoms with Crippen molar-refractivity contribution in [2.24, 2.45) is 11.3 Å². The third-order valence-corrected chi connectivity index (χ3v) is 8.51. The van der Waals surface area contributed by atoms with Crippen LogP contribution in [0.15, 0.2) is 18.2 Å². The third-order valence-electron chi connectivity index (χ3n) is 8.51. The highest BCUT2D eigenvalue weighted by Crippen LogP contribution is 2.40. The topological polar surface area (TPSA) is 131 Å². The number of hydrogen-bond donors (Lipinski definition) is 2. The van der Waals surface area contributed by atoms with E-state index in [0.29, 0.717) is 22.5 Å². The first-order valence-corrected chi connectivity index (χ1v) is 13.0. The van der Waals surface area contributed by atoms with E-state index in [9.17, 15) is 24.0 Å². The molecule has 4 saturated heterocycles. The maximum atomic E-state index is 13.1. The zero-order valence-electron chi connectivity index (χ0n) is 20.6. The molecule has 6 rings (SSSR count). The monoisotopic (exact) mass is 509 g/mol. The quantitative estimate of drug-likeness (QED) is 0.509. The van der Waals surface area contributed by atoms with Crippen molar-refractivity contribution in [3.05, 3.63) is 29.3 Å². The summed E-state index contributed by atoms with van der Waals surface area (Å²) in [5.74, 6) is -2.10. The highest BCUT2D eigenvalue weighted by Gasteiger charge is 2.52. The molecule has 0 aliphatic carbocycles. The second kappa shape index (κ2) is 8.91. The van der Waals surface area contributed by atoms with Gasteiger partial charge in [0.1, 0.15) is 6.04 Å². The minimum Gasteiger partial charge on any atom is -0.480 e. The van der Waals surface area contributed by atoms with E-state index in [1.54, 1.807) is 12.1 Å². The van der Waals surface area contributed by atoms with E-state index >= 15 is 0 Å². The van der Waals surface area contributed by atoms with Gasteiger partial charge in [-0.05, 0) is 43.4 Å². The number of nitrogens with zero attached hydrogens (tertiary/aromatic N) is 4. The molecule has 1 aromatic rings. The lowest BCUT2D eigenvalue weighted by Gasteiger charge is -2.60. The third kappa shape index (κ3) is 4.29. The van der Waals surface area contributed by atoms with Crippen LogP contribution in [0.2, 0.25) is 0 Å². The highest BCUT2D eigenvalue weighted by atomic mass is 16.4. The van der Waals surface area contributed by atoms with E-state index in [2.05, 4.69) is 15.1 Å². The number of carbonyl (C=O) groups is 5. The predicted octanol–water partition coefficient (Wildman–Crippen LogP) is 0.00640. The molecule has 1 aromatic carbocycles. The van der Waals surface area contributed by atoms with Gasteiger partial charge in [0.25, 0.3) is 11.8 Å². The van der Waals surface area contributed by atoms with E-state index in [1.165, 1.54) is 0 Å². The molecule has 5 heterocycles. The van der Waals surface area contributed by atoms with Gasteiger partial charge in [0.2, 0.25) is 11.8 Å². The number of anilines is 1. The number of nitrogens with one attached hydrogen (secondary N) is 1. The van der Waals surface area contributed by atoms with Crippen molar-refractivity contribution < 1.29 is 29.1 Å². The standard InChI is InChI=1S/C26H31N5O6/c32-21-4-3-20(23(35)27-21)31-24(36)18-2-1-17(9-19(18)25(31)37)30-7-5-16(6-8-30)10-28-12-26(13-28)14-29(15-26)11-22(33)34/h1-2,9,16,20H,3-8,10-15H2,(H,33,34)(H,27,32,35)/t20-/m0/s1. The lowest BCUT2D eigenvalue weighted by molar-refractivity contribution is -0.151. The molecule has 11 nitrogen and oxygen atoms in total. The molecule has 0 saturated carbocycles. The SMILES string of the molecule is O=C(O)CN1CC2(C1)CN(CC1CCN(c3ccc4c(c3)C(=O)N([C@H]3CCC(=O)NC3=O)C4=O)CC1)C2. The normalized spacial score (nSPS) is 26.2. The van der Waals surface area contributed by atoms with Gasteiger partial charge in [0.05, 0.1) is 17.7 Å². The smallest absolute Gasteiger partial charge is 0.317 e. The first kappa shape index (κ1) is 24.1. The summed E-state index contributed by atoms with van der Waals surface area (Å²) in [5.41, 5.74) is 1.82. The molecule has 1 spiro atoms. The molecule has 11 heteroatoms.